The Morgan fingerprint density at radius 1 is 1.38 bits per heavy atom. The van der Waals surface area contributed by atoms with Crippen LogP contribution in [0.15, 0.2) is 18.2 Å². The van der Waals surface area contributed by atoms with E-state index < -0.39 is 17.9 Å². The fourth-order valence-corrected chi connectivity index (χ4v) is 2.08. The molecule has 1 heterocycles. The lowest BCUT2D eigenvalue weighted by atomic mass is 10.1. The normalized spacial score (nSPS) is 18.2. The third-order valence-electron chi connectivity index (χ3n) is 3.22. The van der Waals surface area contributed by atoms with E-state index in [-0.39, 0.29) is 24.8 Å². The molecule has 1 aromatic carbocycles. The van der Waals surface area contributed by atoms with Gasteiger partial charge in [-0.15, -0.1) is 0 Å². The lowest BCUT2D eigenvalue weighted by molar-refractivity contribution is -0.158. The molecule has 0 spiro atoms. The monoisotopic (exact) mass is 297 g/mol. The maximum Gasteiger partial charge on any atom is 0.336 e. The fourth-order valence-electron chi connectivity index (χ4n) is 2.08. The summed E-state index contributed by atoms with van der Waals surface area (Å²) in [5.74, 6) is -1.38. The van der Waals surface area contributed by atoms with Gasteiger partial charge in [0, 0.05) is 12.1 Å². The van der Waals surface area contributed by atoms with Crippen LogP contribution in [0.2, 0.25) is 0 Å². The number of halogens is 1. The predicted molar refractivity (Wildman–Crippen MR) is 70.6 cm³/mol. The molecule has 1 aliphatic rings. The van der Waals surface area contributed by atoms with Crippen LogP contribution in [-0.2, 0) is 14.3 Å². The molecule has 0 bridgehead atoms. The minimum atomic E-state index is -0.796. The van der Waals surface area contributed by atoms with Crippen molar-refractivity contribution in [3.05, 3.63) is 29.6 Å². The molecule has 1 fully saturated rings. The van der Waals surface area contributed by atoms with Crippen LogP contribution in [0, 0.1) is 5.82 Å². The van der Waals surface area contributed by atoms with Crippen LogP contribution in [0.4, 0.5) is 4.39 Å². The van der Waals surface area contributed by atoms with Gasteiger partial charge < -0.3 is 19.1 Å². The van der Waals surface area contributed by atoms with E-state index in [4.69, 9.17) is 9.47 Å². The minimum absolute atomic E-state index is 0.00127. The standard InChI is InChI=1S/C14H16FNO5/c1-19-11-7-9(3-4-10(11)15)13(17)16-5-6-21-12(8-16)14(18)20-2/h3-4,7,12H,5-6,8H2,1-2H3. The van der Waals surface area contributed by atoms with Gasteiger partial charge in [0.25, 0.3) is 5.91 Å². The zero-order chi connectivity index (χ0) is 15.4. The Balaban J connectivity index is 2.14. The molecule has 6 nitrogen and oxygen atoms in total. The largest absolute Gasteiger partial charge is 0.494 e. The summed E-state index contributed by atoms with van der Waals surface area (Å²) in [5.41, 5.74) is 0.291. The molecule has 0 radical (unpaired) electrons. The smallest absolute Gasteiger partial charge is 0.336 e. The fraction of sp³-hybridized carbons (Fsp3) is 0.429. The van der Waals surface area contributed by atoms with Crippen LogP contribution >= 0.6 is 0 Å². The second-order valence-corrected chi connectivity index (χ2v) is 4.48. The molecule has 1 aromatic rings. The van der Waals surface area contributed by atoms with Gasteiger partial charge in [0.15, 0.2) is 17.7 Å². The maximum absolute atomic E-state index is 13.4. The molecule has 1 aliphatic heterocycles. The van der Waals surface area contributed by atoms with E-state index in [2.05, 4.69) is 4.74 Å². The number of amides is 1. The van der Waals surface area contributed by atoms with Gasteiger partial charge in [-0.2, -0.15) is 0 Å². The molecular weight excluding hydrogens is 281 g/mol. The lowest BCUT2D eigenvalue weighted by Gasteiger charge is -2.31. The van der Waals surface area contributed by atoms with Gasteiger partial charge in [0.2, 0.25) is 0 Å². The van der Waals surface area contributed by atoms with E-state index in [1.54, 1.807) is 0 Å². The van der Waals surface area contributed by atoms with Gasteiger partial charge in [-0.3, -0.25) is 4.79 Å². The molecule has 0 aliphatic carbocycles. The molecule has 0 aromatic heterocycles. The number of hydrogen-bond donors (Lipinski definition) is 0. The Morgan fingerprint density at radius 3 is 2.81 bits per heavy atom. The summed E-state index contributed by atoms with van der Waals surface area (Å²) in [5, 5.41) is 0. The summed E-state index contributed by atoms with van der Waals surface area (Å²) in [7, 11) is 2.59. The third kappa shape index (κ3) is 3.30. The number of carbonyl (C=O) groups excluding carboxylic acids is 2. The first-order chi connectivity index (χ1) is 10.1. The number of hydrogen-bond acceptors (Lipinski definition) is 5. The Kier molecular flexibility index (Phi) is 4.74. The molecule has 1 unspecified atom stereocenters. The van der Waals surface area contributed by atoms with E-state index in [0.29, 0.717) is 12.1 Å². The number of methoxy groups -OCH3 is 2. The van der Waals surface area contributed by atoms with Crippen LogP contribution in [0.5, 0.6) is 5.75 Å². The predicted octanol–water partition coefficient (Wildman–Crippen LogP) is 0.848. The average Bonchev–Trinajstić information content (AvgIpc) is 2.54. The quantitative estimate of drug-likeness (QED) is 0.774. The Bertz CT molecular complexity index is 548. The lowest BCUT2D eigenvalue weighted by Crippen LogP contribution is -2.48. The van der Waals surface area contributed by atoms with Crippen molar-refractivity contribution in [2.24, 2.45) is 0 Å². The molecule has 0 N–H and O–H groups in total. The molecule has 114 valence electrons. The molecule has 1 amide bonds. The zero-order valence-corrected chi connectivity index (χ0v) is 11.8. The van der Waals surface area contributed by atoms with Crippen LogP contribution in [0.3, 0.4) is 0 Å². The second kappa shape index (κ2) is 6.53. The van der Waals surface area contributed by atoms with Crippen LogP contribution in [-0.4, -0.2) is 56.8 Å². The van der Waals surface area contributed by atoms with Crippen LogP contribution < -0.4 is 4.74 Å². The van der Waals surface area contributed by atoms with Gasteiger partial charge >= 0.3 is 5.97 Å². The number of morpholine rings is 1. The highest BCUT2D eigenvalue weighted by atomic mass is 19.1. The first kappa shape index (κ1) is 15.2. The van der Waals surface area contributed by atoms with E-state index in [0.717, 1.165) is 0 Å². The molecule has 0 saturated carbocycles. The SMILES string of the molecule is COC(=O)C1CN(C(=O)c2ccc(F)c(OC)c2)CCO1. The van der Waals surface area contributed by atoms with Crippen molar-refractivity contribution in [2.45, 2.75) is 6.10 Å². The Labute approximate surface area is 121 Å². The van der Waals surface area contributed by atoms with Gasteiger partial charge in [-0.25, -0.2) is 9.18 Å². The number of esters is 1. The van der Waals surface area contributed by atoms with Crippen LogP contribution in [0.25, 0.3) is 0 Å². The average molecular weight is 297 g/mol. The molecule has 1 atom stereocenters. The number of benzene rings is 1. The summed E-state index contributed by atoms with van der Waals surface area (Å²) in [6.07, 6.45) is -0.796. The highest BCUT2D eigenvalue weighted by Crippen LogP contribution is 2.20. The van der Waals surface area contributed by atoms with Crippen molar-refractivity contribution in [3.63, 3.8) is 0 Å². The molecule has 7 heteroatoms. The Morgan fingerprint density at radius 2 is 2.14 bits per heavy atom. The van der Waals surface area contributed by atoms with Crippen molar-refractivity contribution in [2.75, 3.05) is 33.9 Å². The summed E-state index contributed by atoms with van der Waals surface area (Å²) in [4.78, 5) is 25.3. The van der Waals surface area contributed by atoms with Crippen LogP contribution in [0.1, 0.15) is 10.4 Å². The van der Waals surface area contributed by atoms with Crippen molar-refractivity contribution in [1.29, 1.82) is 0 Å². The van der Waals surface area contributed by atoms with E-state index in [9.17, 15) is 14.0 Å². The van der Waals surface area contributed by atoms with Crippen molar-refractivity contribution < 1.29 is 28.2 Å². The van der Waals surface area contributed by atoms with Gasteiger partial charge in [0.05, 0.1) is 27.4 Å². The maximum atomic E-state index is 13.4. The first-order valence-electron chi connectivity index (χ1n) is 6.39. The molecule has 21 heavy (non-hydrogen) atoms. The van der Waals surface area contributed by atoms with Gasteiger partial charge in [-0.1, -0.05) is 0 Å². The van der Waals surface area contributed by atoms with Crippen molar-refractivity contribution in [1.82, 2.24) is 4.90 Å². The third-order valence-corrected chi connectivity index (χ3v) is 3.22. The van der Waals surface area contributed by atoms with Gasteiger partial charge in [-0.05, 0) is 18.2 Å². The number of nitrogens with zero attached hydrogens (tertiary/aromatic N) is 1. The van der Waals surface area contributed by atoms with Gasteiger partial charge in [0.1, 0.15) is 0 Å². The zero-order valence-electron chi connectivity index (χ0n) is 11.8. The van der Waals surface area contributed by atoms with Crippen molar-refractivity contribution >= 4 is 11.9 Å². The highest BCUT2D eigenvalue weighted by molar-refractivity contribution is 5.95. The number of carbonyl (C=O) groups is 2. The Hall–Kier alpha value is -2.15. The van der Waals surface area contributed by atoms with E-state index >= 15 is 0 Å². The topological polar surface area (TPSA) is 65.1 Å². The molecule has 1 saturated heterocycles. The number of ether oxygens (including phenoxy) is 3. The highest BCUT2D eigenvalue weighted by Gasteiger charge is 2.30. The first-order valence-corrected chi connectivity index (χ1v) is 6.39. The van der Waals surface area contributed by atoms with Crippen molar-refractivity contribution in [3.8, 4) is 5.75 Å². The summed E-state index contributed by atoms with van der Waals surface area (Å²) < 4.78 is 28.1. The molecule has 2 rings (SSSR count). The van der Waals surface area contributed by atoms with E-state index in [1.807, 2.05) is 0 Å². The summed E-state index contributed by atoms with van der Waals surface area (Å²) >= 11 is 0. The summed E-state index contributed by atoms with van der Waals surface area (Å²) in [6.45, 7) is 0.695. The second-order valence-electron chi connectivity index (χ2n) is 4.48. The summed E-state index contributed by atoms with van der Waals surface area (Å²) in [6, 6.07) is 3.88. The minimum Gasteiger partial charge on any atom is -0.494 e. The molecular formula is C14H16FNO5. The van der Waals surface area contributed by atoms with E-state index in [1.165, 1.54) is 37.3 Å². The number of rotatable bonds is 3.